The van der Waals surface area contributed by atoms with Crippen LogP contribution in [0.5, 0.6) is 0 Å². The van der Waals surface area contributed by atoms with E-state index in [-0.39, 0.29) is 31.0 Å². The summed E-state index contributed by atoms with van der Waals surface area (Å²) in [6.45, 7) is -0.541. The van der Waals surface area contributed by atoms with Crippen LogP contribution in [-0.2, 0) is 9.59 Å². The van der Waals surface area contributed by atoms with Crippen LogP contribution in [-0.4, -0.2) is 52.7 Å². The summed E-state index contributed by atoms with van der Waals surface area (Å²) in [5, 5.41) is 1.40. The van der Waals surface area contributed by atoms with Gasteiger partial charge in [-0.3, -0.25) is 33.7 Å². The van der Waals surface area contributed by atoms with Crippen molar-refractivity contribution in [2.45, 2.75) is 0 Å². The molecule has 0 atom stereocenters. The van der Waals surface area contributed by atoms with Crippen molar-refractivity contribution in [3.63, 3.8) is 0 Å². The summed E-state index contributed by atoms with van der Waals surface area (Å²) in [7, 11) is 0. The number of Topliss-reactive ketones (excluding diaryl/α,β-unsaturated/α-hetero) is 2. The summed E-state index contributed by atoms with van der Waals surface area (Å²) < 4.78 is 1.23. The van der Waals surface area contributed by atoms with Crippen molar-refractivity contribution in [2.24, 2.45) is 5.73 Å². The first kappa shape index (κ1) is 13.0. The second-order valence-electron chi connectivity index (χ2n) is 4.80. The molecule has 0 radical (unpaired) electrons. The lowest BCUT2D eigenvalue weighted by Crippen LogP contribution is -2.53. The van der Waals surface area contributed by atoms with Crippen molar-refractivity contribution >= 4 is 23.4 Å². The number of carbonyl (C=O) groups excluding carboxylic acids is 4. The summed E-state index contributed by atoms with van der Waals surface area (Å²) in [6.07, 6.45) is 1.12. The van der Waals surface area contributed by atoms with Crippen molar-refractivity contribution in [1.82, 2.24) is 9.58 Å². The number of nitrogens with zero attached hydrogens (tertiary/aromatic N) is 3. The molecule has 2 amide bonds. The molecule has 1 aromatic rings. The maximum Gasteiger partial charge on any atom is 0.274 e. The minimum Gasteiger partial charge on any atom is -0.365 e. The summed E-state index contributed by atoms with van der Waals surface area (Å²) in [4.78, 5) is 59.6. The molecule has 0 spiro atoms. The minimum absolute atomic E-state index is 0.0150. The lowest BCUT2D eigenvalue weighted by atomic mass is 10.2. The number of pyridine rings is 1. The monoisotopic (exact) mass is 290 g/mol. The van der Waals surface area contributed by atoms with Crippen LogP contribution in [0.25, 0.3) is 0 Å². The van der Waals surface area contributed by atoms with Gasteiger partial charge in [-0.05, 0) is 0 Å². The Kier molecular flexibility index (Phi) is 2.65. The normalized spacial score (nSPS) is 17.6. The van der Waals surface area contributed by atoms with Gasteiger partial charge in [-0.1, -0.05) is 0 Å². The van der Waals surface area contributed by atoms with E-state index in [9.17, 15) is 24.0 Å². The molecule has 2 N–H and O–H groups in total. The van der Waals surface area contributed by atoms with E-state index in [1.807, 2.05) is 0 Å². The molecule has 3 heterocycles. The summed E-state index contributed by atoms with van der Waals surface area (Å²) >= 11 is 0. The SMILES string of the molecule is NC(=O)c1cn2c(cc1=O)C(=O)N1CC(=O)C(=O)CN2C1. The third-order valence-electron chi connectivity index (χ3n) is 3.41. The van der Waals surface area contributed by atoms with Crippen LogP contribution < -0.4 is 16.2 Å². The number of nitrogens with two attached hydrogens (primary N) is 1. The first-order chi connectivity index (χ1) is 9.88. The zero-order valence-corrected chi connectivity index (χ0v) is 10.7. The third-order valence-corrected chi connectivity index (χ3v) is 3.41. The Bertz CT molecular complexity index is 765. The van der Waals surface area contributed by atoms with Crippen LogP contribution in [0.3, 0.4) is 0 Å². The van der Waals surface area contributed by atoms with Gasteiger partial charge in [-0.15, -0.1) is 0 Å². The van der Waals surface area contributed by atoms with Gasteiger partial charge in [-0.2, -0.15) is 0 Å². The van der Waals surface area contributed by atoms with E-state index < -0.39 is 28.8 Å². The second kappa shape index (κ2) is 4.27. The van der Waals surface area contributed by atoms with Crippen LogP contribution in [0.4, 0.5) is 0 Å². The number of carbonyl (C=O) groups is 4. The highest BCUT2D eigenvalue weighted by Crippen LogP contribution is 2.15. The van der Waals surface area contributed by atoms with Gasteiger partial charge < -0.3 is 10.6 Å². The van der Waals surface area contributed by atoms with Gasteiger partial charge in [0.15, 0.2) is 5.43 Å². The zero-order chi connectivity index (χ0) is 15.3. The van der Waals surface area contributed by atoms with Crippen molar-refractivity contribution in [2.75, 3.05) is 24.8 Å². The van der Waals surface area contributed by atoms with Crippen molar-refractivity contribution < 1.29 is 19.2 Å². The van der Waals surface area contributed by atoms with Crippen LogP contribution in [0, 0.1) is 0 Å². The lowest BCUT2D eigenvalue weighted by Gasteiger charge is -2.36. The first-order valence-corrected chi connectivity index (χ1v) is 6.05. The van der Waals surface area contributed by atoms with Gasteiger partial charge in [0.1, 0.15) is 24.5 Å². The van der Waals surface area contributed by atoms with Gasteiger partial charge in [-0.25, -0.2) is 0 Å². The van der Waals surface area contributed by atoms with Crippen molar-refractivity contribution in [3.05, 3.63) is 33.7 Å². The minimum atomic E-state index is -0.928. The highest BCUT2D eigenvalue weighted by atomic mass is 16.2. The molecule has 0 saturated carbocycles. The molecular formula is C12H10N4O5. The zero-order valence-electron chi connectivity index (χ0n) is 10.7. The van der Waals surface area contributed by atoms with Gasteiger partial charge in [0.2, 0.25) is 11.6 Å². The topological polar surface area (TPSA) is 123 Å². The molecule has 3 rings (SSSR count). The number of ketones is 2. The molecule has 2 bridgehead atoms. The Morgan fingerprint density at radius 1 is 1.10 bits per heavy atom. The molecule has 21 heavy (non-hydrogen) atoms. The number of fused-ring (bicyclic) bond motifs is 4. The number of amides is 2. The van der Waals surface area contributed by atoms with Gasteiger partial charge in [0, 0.05) is 12.3 Å². The highest BCUT2D eigenvalue weighted by molar-refractivity contribution is 6.39. The average Bonchev–Trinajstić information content (AvgIpc) is 2.54. The number of hydrogen-bond donors (Lipinski definition) is 1. The molecule has 1 aromatic heterocycles. The van der Waals surface area contributed by atoms with Crippen molar-refractivity contribution in [1.29, 1.82) is 0 Å². The molecule has 0 aliphatic carbocycles. The summed E-state index contributed by atoms with van der Waals surface area (Å²) in [5.74, 6) is -2.79. The van der Waals surface area contributed by atoms with Crippen LogP contribution in [0.2, 0.25) is 0 Å². The van der Waals surface area contributed by atoms with E-state index >= 15 is 0 Å². The van der Waals surface area contributed by atoms with Gasteiger partial charge in [0.25, 0.3) is 11.8 Å². The van der Waals surface area contributed by atoms with E-state index in [0.29, 0.717) is 0 Å². The largest absolute Gasteiger partial charge is 0.365 e. The van der Waals surface area contributed by atoms with Gasteiger partial charge >= 0.3 is 0 Å². The molecule has 1 fully saturated rings. The average molecular weight is 290 g/mol. The van der Waals surface area contributed by atoms with Crippen molar-refractivity contribution in [3.8, 4) is 0 Å². The number of aromatic nitrogens is 1. The fourth-order valence-electron chi connectivity index (χ4n) is 2.36. The smallest absolute Gasteiger partial charge is 0.274 e. The fourth-order valence-corrected chi connectivity index (χ4v) is 2.36. The molecule has 108 valence electrons. The Balaban J connectivity index is 2.20. The molecule has 9 heteroatoms. The van der Waals surface area contributed by atoms with E-state index in [1.54, 1.807) is 0 Å². The van der Waals surface area contributed by atoms with E-state index in [4.69, 9.17) is 5.73 Å². The lowest BCUT2D eigenvalue weighted by molar-refractivity contribution is -0.135. The maximum absolute atomic E-state index is 12.2. The Morgan fingerprint density at radius 2 is 1.76 bits per heavy atom. The summed E-state index contributed by atoms with van der Waals surface area (Å²) in [6, 6.07) is 0.988. The Hall–Kier alpha value is -2.97. The molecule has 0 unspecified atom stereocenters. The molecular weight excluding hydrogens is 280 g/mol. The molecule has 2 aliphatic rings. The highest BCUT2D eigenvalue weighted by Gasteiger charge is 2.36. The second-order valence-corrected chi connectivity index (χ2v) is 4.80. The Labute approximate surface area is 117 Å². The number of hydrogen-bond acceptors (Lipinski definition) is 6. The molecule has 2 aliphatic heterocycles. The van der Waals surface area contributed by atoms with Crippen LogP contribution in [0.15, 0.2) is 17.1 Å². The van der Waals surface area contributed by atoms with Crippen LogP contribution >= 0.6 is 0 Å². The predicted octanol–water partition coefficient (Wildman–Crippen LogP) is -2.55. The quantitative estimate of drug-likeness (QED) is 0.568. The third kappa shape index (κ3) is 1.90. The number of primary amides is 1. The first-order valence-electron chi connectivity index (χ1n) is 6.05. The summed E-state index contributed by atoms with van der Waals surface area (Å²) in [5.41, 5.74) is 4.12. The van der Waals surface area contributed by atoms with Gasteiger partial charge in [0.05, 0.1) is 6.54 Å². The van der Waals surface area contributed by atoms with E-state index in [0.717, 1.165) is 12.3 Å². The number of rotatable bonds is 1. The van der Waals surface area contributed by atoms with E-state index in [1.165, 1.54) is 14.6 Å². The molecule has 1 saturated heterocycles. The fraction of sp³-hybridized carbons (Fsp3) is 0.250. The van der Waals surface area contributed by atoms with E-state index in [2.05, 4.69) is 0 Å². The molecule has 0 aromatic carbocycles. The Morgan fingerprint density at radius 3 is 2.43 bits per heavy atom. The predicted molar refractivity (Wildman–Crippen MR) is 68.2 cm³/mol. The molecule has 9 nitrogen and oxygen atoms in total. The standard InChI is InChI=1S/C12H10N4O5/c13-11(20)6-2-16-7(1-8(6)17)12(21)14-3-9(18)10(19)4-15(16)5-14/h1-2H,3-5H2,(H2,13,20). The maximum atomic E-state index is 12.2. The van der Waals surface area contributed by atoms with Crippen LogP contribution in [0.1, 0.15) is 20.8 Å².